The average Bonchev–Trinajstić information content (AvgIpc) is 3.46. The van der Waals surface area contributed by atoms with Crippen molar-refractivity contribution in [3.63, 3.8) is 0 Å². The van der Waals surface area contributed by atoms with Gasteiger partial charge in [0.1, 0.15) is 0 Å². The number of fused-ring (bicyclic) bond motifs is 1. The summed E-state index contributed by atoms with van der Waals surface area (Å²) in [6.07, 6.45) is 3.21. The largest absolute Gasteiger partial charge is 0.346 e. The van der Waals surface area contributed by atoms with Gasteiger partial charge in [0.2, 0.25) is 0 Å². The molecule has 2 aromatic rings. The van der Waals surface area contributed by atoms with E-state index in [2.05, 4.69) is 35.2 Å². The summed E-state index contributed by atoms with van der Waals surface area (Å²) < 4.78 is 11.2. The zero-order valence-corrected chi connectivity index (χ0v) is 15.4. The van der Waals surface area contributed by atoms with E-state index in [0.29, 0.717) is 31.1 Å². The minimum absolute atomic E-state index is 0.144. The van der Waals surface area contributed by atoms with Crippen molar-refractivity contribution in [3.8, 4) is 0 Å². The number of ether oxygens (including phenoxy) is 2. The lowest BCUT2D eigenvalue weighted by atomic mass is 9.87. The number of rotatable bonds is 3. The number of hydrogen-bond acceptors (Lipinski definition) is 3. The van der Waals surface area contributed by atoms with Crippen LogP contribution in [0.3, 0.4) is 0 Å². The molecule has 0 N–H and O–H groups in total. The molecule has 1 aliphatic carbocycles. The Morgan fingerprint density at radius 1 is 0.926 bits per heavy atom. The summed E-state index contributed by atoms with van der Waals surface area (Å²) in [5.74, 6) is 1.18. The molecule has 4 heteroatoms. The molecule has 0 bridgehead atoms. The molecule has 5 rings (SSSR count). The van der Waals surface area contributed by atoms with Gasteiger partial charge in [-0.2, -0.15) is 0 Å². The van der Waals surface area contributed by atoms with E-state index >= 15 is 0 Å². The standard InChI is InChI=1S/C23H25NO3/c25-22(17-8-4-9-18(14-17)23-26-12-13-27-23)24-15-20(16-6-2-1-3-7-16)19-10-5-11-21(19)24/h1-4,6-9,14,19-21,23H,5,10-13,15H2/t19-,20+,21+/m0/s1. The Kier molecular flexibility index (Phi) is 4.46. The van der Waals surface area contributed by atoms with Gasteiger partial charge in [0.25, 0.3) is 5.91 Å². The average molecular weight is 363 g/mol. The quantitative estimate of drug-likeness (QED) is 0.823. The molecule has 0 unspecified atom stereocenters. The fourth-order valence-corrected chi connectivity index (χ4v) is 5.13. The van der Waals surface area contributed by atoms with E-state index in [9.17, 15) is 4.79 Å². The van der Waals surface area contributed by atoms with E-state index in [1.54, 1.807) is 0 Å². The third-order valence-corrected chi connectivity index (χ3v) is 6.36. The van der Waals surface area contributed by atoms with Crippen LogP contribution in [0.5, 0.6) is 0 Å². The highest BCUT2D eigenvalue weighted by atomic mass is 16.7. The van der Waals surface area contributed by atoms with Crippen molar-refractivity contribution < 1.29 is 14.3 Å². The second kappa shape index (κ2) is 7.10. The summed E-state index contributed by atoms with van der Waals surface area (Å²) in [6.45, 7) is 2.04. The third-order valence-electron chi connectivity index (χ3n) is 6.36. The molecular weight excluding hydrogens is 338 g/mol. The van der Waals surface area contributed by atoms with Gasteiger partial charge in [-0.1, -0.05) is 48.9 Å². The predicted octanol–water partition coefficient (Wildman–Crippen LogP) is 4.14. The Labute approximate surface area is 160 Å². The normalized spacial score (nSPS) is 27.9. The lowest BCUT2D eigenvalue weighted by molar-refractivity contribution is -0.0441. The predicted molar refractivity (Wildman–Crippen MR) is 102 cm³/mol. The van der Waals surface area contributed by atoms with Gasteiger partial charge in [-0.05, 0) is 36.5 Å². The maximum absolute atomic E-state index is 13.4. The van der Waals surface area contributed by atoms with Crippen molar-refractivity contribution in [1.82, 2.24) is 4.90 Å². The maximum atomic E-state index is 13.4. The Morgan fingerprint density at radius 3 is 2.52 bits per heavy atom. The van der Waals surface area contributed by atoms with Gasteiger partial charge in [-0.15, -0.1) is 0 Å². The van der Waals surface area contributed by atoms with Crippen LogP contribution in [0.25, 0.3) is 0 Å². The van der Waals surface area contributed by atoms with Crippen LogP contribution >= 0.6 is 0 Å². The molecule has 3 atom stereocenters. The molecule has 1 saturated carbocycles. The van der Waals surface area contributed by atoms with Crippen molar-refractivity contribution in [2.24, 2.45) is 5.92 Å². The lowest BCUT2D eigenvalue weighted by Gasteiger charge is -2.24. The van der Waals surface area contributed by atoms with Crippen molar-refractivity contribution >= 4 is 5.91 Å². The van der Waals surface area contributed by atoms with Gasteiger partial charge in [-0.25, -0.2) is 0 Å². The molecular formula is C23H25NO3. The van der Waals surface area contributed by atoms with Crippen LogP contribution in [0.15, 0.2) is 54.6 Å². The zero-order valence-electron chi connectivity index (χ0n) is 15.4. The van der Waals surface area contributed by atoms with E-state index < -0.39 is 0 Å². The topological polar surface area (TPSA) is 38.8 Å². The molecule has 0 aromatic heterocycles. The number of nitrogens with zero attached hydrogens (tertiary/aromatic N) is 1. The Morgan fingerprint density at radius 2 is 1.70 bits per heavy atom. The van der Waals surface area contributed by atoms with Crippen molar-refractivity contribution in [3.05, 3.63) is 71.3 Å². The summed E-state index contributed by atoms with van der Waals surface area (Å²) >= 11 is 0. The zero-order chi connectivity index (χ0) is 18.2. The van der Waals surface area contributed by atoms with Crippen molar-refractivity contribution in [1.29, 1.82) is 0 Å². The van der Waals surface area contributed by atoms with Gasteiger partial charge >= 0.3 is 0 Å². The first kappa shape index (κ1) is 17.0. The number of benzene rings is 2. The number of carbonyl (C=O) groups excluding carboxylic acids is 1. The second-order valence-corrected chi connectivity index (χ2v) is 7.84. The SMILES string of the molecule is O=C(c1cccc(C2OCCO2)c1)N1C[C@H](c2ccccc2)[C@@H]2CCC[C@H]21. The van der Waals surface area contributed by atoms with E-state index in [-0.39, 0.29) is 12.2 Å². The van der Waals surface area contributed by atoms with Crippen LogP contribution < -0.4 is 0 Å². The molecule has 140 valence electrons. The highest BCUT2D eigenvalue weighted by molar-refractivity contribution is 5.95. The van der Waals surface area contributed by atoms with E-state index in [0.717, 1.165) is 24.1 Å². The molecule has 27 heavy (non-hydrogen) atoms. The summed E-state index contributed by atoms with van der Waals surface area (Å²) in [6, 6.07) is 18.8. The van der Waals surface area contributed by atoms with Gasteiger partial charge in [0.05, 0.1) is 13.2 Å². The minimum Gasteiger partial charge on any atom is -0.346 e. The van der Waals surface area contributed by atoms with Crippen LogP contribution in [-0.2, 0) is 9.47 Å². The molecule has 4 nitrogen and oxygen atoms in total. The smallest absolute Gasteiger partial charge is 0.254 e. The molecule has 0 radical (unpaired) electrons. The van der Waals surface area contributed by atoms with E-state index in [1.807, 2.05) is 24.3 Å². The Balaban J connectivity index is 1.41. The summed E-state index contributed by atoms with van der Waals surface area (Å²) in [5, 5.41) is 0. The number of hydrogen-bond donors (Lipinski definition) is 0. The van der Waals surface area contributed by atoms with Gasteiger partial charge in [0.15, 0.2) is 6.29 Å². The van der Waals surface area contributed by atoms with Gasteiger partial charge < -0.3 is 14.4 Å². The summed E-state index contributed by atoms with van der Waals surface area (Å²) in [5.41, 5.74) is 3.04. The molecule has 0 spiro atoms. The molecule has 2 aliphatic heterocycles. The Bertz CT molecular complexity index is 815. The fraction of sp³-hybridized carbons (Fsp3) is 0.435. The Hall–Kier alpha value is -2.17. The monoisotopic (exact) mass is 363 g/mol. The van der Waals surface area contributed by atoms with Gasteiger partial charge in [-0.3, -0.25) is 4.79 Å². The van der Waals surface area contributed by atoms with E-state index in [1.165, 1.54) is 18.4 Å². The summed E-state index contributed by atoms with van der Waals surface area (Å²) in [7, 11) is 0. The first-order valence-corrected chi connectivity index (χ1v) is 10.0. The second-order valence-electron chi connectivity index (χ2n) is 7.84. The van der Waals surface area contributed by atoms with Crippen molar-refractivity contribution in [2.45, 2.75) is 37.5 Å². The van der Waals surface area contributed by atoms with Crippen LogP contribution in [0.2, 0.25) is 0 Å². The highest BCUT2D eigenvalue weighted by Gasteiger charge is 2.46. The number of likely N-dealkylation sites (tertiary alicyclic amines) is 1. The molecule has 1 amide bonds. The van der Waals surface area contributed by atoms with Crippen LogP contribution in [0.1, 0.15) is 53.0 Å². The van der Waals surface area contributed by atoms with Crippen molar-refractivity contribution in [2.75, 3.05) is 19.8 Å². The molecule has 2 heterocycles. The van der Waals surface area contributed by atoms with E-state index in [4.69, 9.17) is 9.47 Å². The molecule has 2 aromatic carbocycles. The van der Waals surface area contributed by atoms with Crippen LogP contribution in [0, 0.1) is 5.92 Å². The first-order chi connectivity index (χ1) is 13.3. The van der Waals surface area contributed by atoms with Crippen LogP contribution in [0.4, 0.5) is 0 Å². The maximum Gasteiger partial charge on any atom is 0.254 e. The number of carbonyl (C=O) groups is 1. The summed E-state index contributed by atoms with van der Waals surface area (Å²) in [4.78, 5) is 15.5. The fourth-order valence-electron chi connectivity index (χ4n) is 5.13. The van der Waals surface area contributed by atoms with Crippen LogP contribution in [-0.4, -0.2) is 36.6 Å². The highest BCUT2D eigenvalue weighted by Crippen LogP contribution is 2.46. The molecule has 3 fully saturated rings. The molecule has 2 saturated heterocycles. The first-order valence-electron chi connectivity index (χ1n) is 10.0. The molecule has 3 aliphatic rings. The van der Waals surface area contributed by atoms with Gasteiger partial charge in [0, 0.05) is 29.6 Å². The number of amides is 1. The third kappa shape index (κ3) is 3.07. The minimum atomic E-state index is -0.340. The lowest BCUT2D eigenvalue weighted by Crippen LogP contribution is -2.36.